The van der Waals surface area contributed by atoms with E-state index in [9.17, 15) is 14.4 Å². The van der Waals surface area contributed by atoms with Gasteiger partial charge in [-0.05, 0) is 31.2 Å². The first kappa shape index (κ1) is 15.7. The fourth-order valence-corrected chi connectivity index (χ4v) is 2.28. The second-order valence-corrected chi connectivity index (χ2v) is 4.96. The van der Waals surface area contributed by atoms with Gasteiger partial charge in [-0.3, -0.25) is 14.5 Å². The van der Waals surface area contributed by atoms with Crippen molar-refractivity contribution in [2.75, 3.05) is 13.7 Å². The van der Waals surface area contributed by atoms with Gasteiger partial charge in [0.25, 0.3) is 0 Å². The Labute approximate surface area is 136 Å². The lowest BCUT2D eigenvalue weighted by Gasteiger charge is -2.11. The van der Waals surface area contributed by atoms with Crippen molar-refractivity contribution < 1.29 is 23.6 Å². The first-order valence-electron chi connectivity index (χ1n) is 7.19. The molecule has 9 nitrogen and oxygen atoms in total. The van der Waals surface area contributed by atoms with Crippen molar-refractivity contribution in [1.82, 2.24) is 19.9 Å². The summed E-state index contributed by atoms with van der Waals surface area (Å²) >= 11 is 0. The number of rotatable bonds is 5. The van der Waals surface area contributed by atoms with Crippen LogP contribution in [0, 0.1) is 0 Å². The smallest absolute Gasteiger partial charge is 0.334 e. The van der Waals surface area contributed by atoms with Gasteiger partial charge in [-0.2, -0.15) is 4.98 Å². The zero-order chi connectivity index (χ0) is 17.3. The van der Waals surface area contributed by atoms with E-state index in [1.807, 2.05) is 0 Å². The number of nitrogens with zero attached hydrogens (tertiary/aromatic N) is 4. The number of hydrogen-bond donors (Lipinski definition) is 0. The summed E-state index contributed by atoms with van der Waals surface area (Å²) in [5, 5.41) is 3.82. The van der Waals surface area contributed by atoms with Crippen LogP contribution in [-0.2, 0) is 16.1 Å². The van der Waals surface area contributed by atoms with Crippen LogP contribution in [0.25, 0.3) is 11.4 Å². The summed E-state index contributed by atoms with van der Waals surface area (Å²) in [6, 6.07) is 6.31. The minimum absolute atomic E-state index is 0.0632. The molecule has 0 N–H and O–H groups in total. The minimum atomic E-state index is -0.897. The van der Waals surface area contributed by atoms with E-state index in [1.165, 1.54) is 0 Å². The first-order valence-corrected chi connectivity index (χ1v) is 7.19. The average Bonchev–Trinajstić information content (AvgIpc) is 3.14. The molecule has 24 heavy (non-hydrogen) atoms. The minimum Gasteiger partial charge on any atom is -0.497 e. The number of urea groups is 1. The Balaban J connectivity index is 1.77. The van der Waals surface area contributed by atoms with Crippen LogP contribution < -0.4 is 4.74 Å². The number of benzene rings is 1. The average molecular weight is 330 g/mol. The van der Waals surface area contributed by atoms with Gasteiger partial charge in [0.05, 0.1) is 7.11 Å². The van der Waals surface area contributed by atoms with Crippen molar-refractivity contribution in [3.63, 3.8) is 0 Å². The number of methoxy groups -OCH3 is 1. The molecular weight excluding hydrogens is 316 g/mol. The molecule has 0 atom stereocenters. The van der Waals surface area contributed by atoms with Crippen molar-refractivity contribution in [2.24, 2.45) is 0 Å². The number of amides is 4. The van der Waals surface area contributed by atoms with Gasteiger partial charge in [0.15, 0.2) is 0 Å². The van der Waals surface area contributed by atoms with Crippen LogP contribution >= 0.6 is 0 Å². The molecule has 1 fully saturated rings. The lowest BCUT2D eigenvalue weighted by Crippen LogP contribution is -2.32. The summed E-state index contributed by atoms with van der Waals surface area (Å²) in [5.74, 6) is -0.684. The molecule has 0 spiro atoms. The highest BCUT2D eigenvalue weighted by atomic mass is 16.5. The number of hydrogen-bond acceptors (Lipinski definition) is 7. The summed E-state index contributed by atoms with van der Waals surface area (Å²) in [7, 11) is 1.56. The molecule has 1 aromatic heterocycles. The largest absolute Gasteiger partial charge is 0.497 e. The van der Waals surface area contributed by atoms with Gasteiger partial charge in [-0.1, -0.05) is 5.16 Å². The molecule has 2 aromatic rings. The molecule has 1 aromatic carbocycles. The fraction of sp³-hybridized carbons (Fsp3) is 0.267. The van der Waals surface area contributed by atoms with Crippen LogP contribution in [0.15, 0.2) is 28.8 Å². The van der Waals surface area contributed by atoms with Gasteiger partial charge in [0.1, 0.15) is 12.3 Å². The Morgan fingerprint density at radius 2 is 1.75 bits per heavy atom. The van der Waals surface area contributed by atoms with Crippen LogP contribution in [0.3, 0.4) is 0 Å². The van der Waals surface area contributed by atoms with Gasteiger partial charge < -0.3 is 9.26 Å². The van der Waals surface area contributed by atoms with Crippen molar-refractivity contribution in [1.29, 1.82) is 0 Å². The molecule has 3 rings (SSSR count). The van der Waals surface area contributed by atoms with Crippen molar-refractivity contribution in [3.05, 3.63) is 30.2 Å². The highest BCUT2D eigenvalue weighted by molar-refractivity contribution is 6.44. The Morgan fingerprint density at radius 1 is 1.08 bits per heavy atom. The number of likely N-dealkylation sites (N-methyl/N-ethyl adjacent to an activating group) is 1. The third-order valence-electron chi connectivity index (χ3n) is 3.56. The molecule has 0 radical (unpaired) electrons. The van der Waals surface area contributed by atoms with Crippen LogP contribution in [0.1, 0.15) is 12.8 Å². The number of ether oxygens (including phenoxy) is 1. The molecular formula is C15H14N4O5. The maximum Gasteiger partial charge on any atom is 0.334 e. The van der Waals surface area contributed by atoms with E-state index in [-0.39, 0.29) is 19.0 Å². The van der Waals surface area contributed by atoms with Crippen molar-refractivity contribution >= 4 is 17.8 Å². The first-order chi connectivity index (χ1) is 11.5. The Bertz CT molecular complexity index is 798. The van der Waals surface area contributed by atoms with Gasteiger partial charge in [0.2, 0.25) is 11.7 Å². The fourth-order valence-electron chi connectivity index (χ4n) is 2.28. The lowest BCUT2D eigenvalue weighted by molar-refractivity contribution is -0.143. The van der Waals surface area contributed by atoms with Crippen LogP contribution in [0.2, 0.25) is 0 Å². The summed E-state index contributed by atoms with van der Waals surface area (Å²) in [5.41, 5.74) is 0.691. The number of aromatic nitrogens is 2. The van der Waals surface area contributed by atoms with E-state index in [0.717, 1.165) is 9.80 Å². The van der Waals surface area contributed by atoms with E-state index in [1.54, 1.807) is 38.3 Å². The molecule has 1 aliphatic rings. The topological polar surface area (TPSA) is 106 Å². The van der Waals surface area contributed by atoms with Gasteiger partial charge in [-0.15, -0.1) is 0 Å². The molecule has 1 aliphatic heterocycles. The third kappa shape index (κ3) is 2.60. The second-order valence-electron chi connectivity index (χ2n) is 4.96. The summed E-state index contributed by atoms with van der Waals surface area (Å²) in [6.07, 6.45) is 0. The molecule has 0 saturated carbocycles. The van der Waals surface area contributed by atoms with E-state index in [4.69, 9.17) is 9.26 Å². The molecule has 124 valence electrons. The van der Waals surface area contributed by atoms with Crippen molar-refractivity contribution in [3.8, 4) is 17.1 Å². The van der Waals surface area contributed by atoms with Gasteiger partial charge >= 0.3 is 17.8 Å². The Kier molecular flexibility index (Phi) is 3.98. The van der Waals surface area contributed by atoms with E-state index >= 15 is 0 Å². The standard InChI is InChI=1S/C15H14N4O5/c1-3-18-13(20)14(21)19(15(18)22)8-11-16-12(17-24-11)9-4-6-10(23-2)7-5-9/h4-7H,3,8H2,1-2H3. The number of imide groups is 2. The molecule has 0 bridgehead atoms. The Hall–Kier alpha value is -3.23. The maximum atomic E-state index is 12.0. The maximum absolute atomic E-state index is 12.0. The second kappa shape index (κ2) is 6.11. The monoisotopic (exact) mass is 330 g/mol. The summed E-state index contributed by atoms with van der Waals surface area (Å²) in [4.78, 5) is 41.3. The quantitative estimate of drug-likeness (QED) is 0.596. The SMILES string of the molecule is CCN1C(=O)C(=O)N(Cc2nc(-c3ccc(OC)cc3)no2)C1=O. The van der Waals surface area contributed by atoms with Crippen LogP contribution in [0.4, 0.5) is 4.79 Å². The molecule has 0 unspecified atom stereocenters. The van der Waals surface area contributed by atoms with Crippen LogP contribution in [0.5, 0.6) is 5.75 Å². The summed E-state index contributed by atoms with van der Waals surface area (Å²) in [6.45, 7) is 1.49. The van der Waals surface area contributed by atoms with E-state index < -0.39 is 17.8 Å². The molecule has 0 aliphatic carbocycles. The van der Waals surface area contributed by atoms with Crippen molar-refractivity contribution in [2.45, 2.75) is 13.5 Å². The summed E-state index contributed by atoms with van der Waals surface area (Å²) < 4.78 is 10.1. The normalized spacial score (nSPS) is 14.7. The highest BCUT2D eigenvalue weighted by Crippen LogP contribution is 2.21. The predicted octanol–water partition coefficient (Wildman–Crippen LogP) is 1.06. The zero-order valence-electron chi connectivity index (χ0n) is 13.1. The van der Waals surface area contributed by atoms with Gasteiger partial charge in [0, 0.05) is 12.1 Å². The molecule has 4 amide bonds. The van der Waals surface area contributed by atoms with E-state index in [2.05, 4.69) is 10.1 Å². The molecule has 2 heterocycles. The number of carbonyl (C=O) groups excluding carboxylic acids is 3. The lowest BCUT2D eigenvalue weighted by atomic mass is 10.2. The Morgan fingerprint density at radius 3 is 2.33 bits per heavy atom. The zero-order valence-corrected chi connectivity index (χ0v) is 13.1. The molecule has 1 saturated heterocycles. The number of carbonyl (C=O) groups is 3. The predicted molar refractivity (Wildman–Crippen MR) is 79.6 cm³/mol. The van der Waals surface area contributed by atoms with Crippen LogP contribution in [-0.4, -0.2) is 51.4 Å². The molecule has 9 heteroatoms. The van der Waals surface area contributed by atoms with E-state index in [0.29, 0.717) is 17.1 Å². The highest BCUT2D eigenvalue weighted by Gasteiger charge is 2.44. The third-order valence-corrected chi connectivity index (χ3v) is 3.56. The van der Waals surface area contributed by atoms with Gasteiger partial charge in [-0.25, -0.2) is 9.69 Å².